The molecule has 2 amide bonds. The topological polar surface area (TPSA) is 86.8 Å². The lowest BCUT2D eigenvalue weighted by Crippen LogP contribution is -2.51. The zero-order valence-corrected chi connectivity index (χ0v) is 22.1. The molecule has 0 aliphatic rings. The van der Waals surface area contributed by atoms with E-state index in [-0.39, 0.29) is 17.3 Å². The minimum absolute atomic E-state index is 0.0456. The fourth-order valence-corrected chi connectivity index (χ4v) is 5.30. The molecule has 0 bridgehead atoms. The molecule has 0 saturated heterocycles. The number of rotatable bonds is 10. The van der Waals surface area contributed by atoms with E-state index in [2.05, 4.69) is 5.32 Å². The number of halogens is 1. The number of nitrogens with one attached hydrogen (secondary N) is 1. The lowest BCUT2D eigenvalue weighted by Gasteiger charge is -2.32. The van der Waals surface area contributed by atoms with Crippen molar-refractivity contribution in [3.05, 3.63) is 95.0 Å². The molecule has 1 N–H and O–H groups in total. The molecule has 0 aliphatic heterocycles. The van der Waals surface area contributed by atoms with Gasteiger partial charge >= 0.3 is 0 Å². The van der Waals surface area contributed by atoms with Crippen molar-refractivity contribution in [2.75, 3.05) is 17.4 Å². The molecule has 0 aliphatic carbocycles. The molecule has 0 fully saturated rings. The van der Waals surface area contributed by atoms with Crippen LogP contribution in [0.25, 0.3) is 0 Å². The largest absolute Gasteiger partial charge is 0.355 e. The van der Waals surface area contributed by atoms with Gasteiger partial charge in [-0.15, -0.1) is 0 Å². The molecule has 0 radical (unpaired) electrons. The van der Waals surface area contributed by atoms with Crippen molar-refractivity contribution in [1.29, 1.82) is 0 Å². The van der Waals surface area contributed by atoms with Crippen LogP contribution in [0.3, 0.4) is 0 Å². The Morgan fingerprint density at radius 1 is 0.944 bits per heavy atom. The van der Waals surface area contributed by atoms with E-state index in [0.29, 0.717) is 22.8 Å². The highest BCUT2D eigenvalue weighted by molar-refractivity contribution is 7.92. The average molecular weight is 528 g/mol. The van der Waals surface area contributed by atoms with E-state index in [0.717, 1.165) is 9.87 Å². The first-order chi connectivity index (χ1) is 17.1. The SMILES string of the molecule is CCNC(=O)[C@@H](C)N(Cc1ccccc1Cl)C(=O)CN(c1ccc(C)cc1)S(=O)(=O)c1ccccc1. The number of anilines is 1. The Morgan fingerprint density at radius 3 is 2.17 bits per heavy atom. The summed E-state index contributed by atoms with van der Waals surface area (Å²) >= 11 is 6.34. The zero-order valence-electron chi connectivity index (χ0n) is 20.5. The van der Waals surface area contributed by atoms with Gasteiger partial charge in [0.1, 0.15) is 12.6 Å². The Kier molecular flexibility index (Phi) is 9.12. The fourth-order valence-electron chi connectivity index (χ4n) is 3.67. The van der Waals surface area contributed by atoms with Gasteiger partial charge in [-0.25, -0.2) is 8.42 Å². The van der Waals surface area contributed by atoms with Crippen molar-refractivity contribution in [1.82, 2.24) is 10.2 Å². The first-order valence-corrected chi connectivity index (χ1v) is 13.4. The van der Waals surface area contributed by atoms with Crippen molar-refractivity contribution in [3.8, 4) is 0 Å². The van der Waals surface area contributed by atoms with Crippen LogP contribution in [0.1, 0.15) is 25.0 Å². The number of carbonyl (C=O) groups is 2. The summed E-state index contributed by atoms with van der Waals surface area (Å²) < 4.78 is 28.4. The molecule has 0 saturated carbocycles. The van der Waals surface area contributed by atoms with Crippen molar-refractivity contribution >= 4 is 39.1 Å². The summed E-state index contributed by atoms with van der Waals surface area (Å²) in [5.74, 6) is -0.876. The van der Waals surface area contributed by atoms with E-state index in [1.165, 1.54) is 17.0 Å². The van der Waals surface area contributed by atoms with Crippen LogP contribution in [0, 0.1) is 6.92 Å². The van der Waals surface area contributed by atoms with Crippen molar-refractivity contribution in [3.63, 3.8) is 0 Å². The van der Waals surface area contributed by atoms with Gasteiger partial charge in [-0.1, -0.05) is 65.7 Å². The number of aryl methyl sites for hydroxylation is 1. The zero-order chi connectivity index (χ0) is 26.3. The number of nitrogens with zero attached hydrogens (tertiary/aromatic N) is 2. The maximum absolute atomic E-state index is 13.7. The molecule has 190 valence electrons. The van der Waals surface area contributed by atoms with E-state index >= 15 is 0 Å². The summed E-state index contributed by atoms with van der Waals surface area (Å²) in [4.78, 5) is 27.9. The van der Waals surface area contributed by atoms with Gasteiger partial charge < -0.3 is 10.2 Å². The second-order valence-electron chi connectivity index (χ2n) is 8.34. The highest BCUT2D eigenvalue weighted by Gasteiger charge is 2.32. The molecule has 0 heterocycles. The first-order valence-electron chi connectivity index (χ1n) is 11.6. The van der Waals surface area contributed by atoms with E-state index in [4.69, 9.17) is 11.6 Å². The summed E-state index contributed by atoms with van der Waals surface area (Å²) in [7, 11) is -4.07. The minimum Gasteiger partial charge on any atom is -0.355 e. The normalized spacial score (nSPS) is 12.0. The van der Waals surface area contributed by atoms with Gasteiger partial charge in [0, 0.05) is 18.1 Å². The highest BCUT2D eigenvalue weighted by Crippen LogP contribution is 2.25. The number of sulfonamides is 1. The Hall–Kier alpha value is -3.36. The summed E-state index contributed by atoms with van der Waals surface area (Å²) in [6.45, 7) is 5.25. The smallest absolute Gasteiger partial charge is 0.264 e. The second kappa shape index (κ2) is 12.1. The molecular weight excluding hydrogens is 498 g/mol. The third-order valence-corrected chi connectivity index (χ3v) is 7.91. The Balaban J connectivity index is 2.02. The number of benzene rings is 3. The molecule has 9 heteroatoms. The maximum Gasteiger partial charge on any atom is 0.264 e. The van der Waals surface area contributed by atoms with Gasteiger partial charge in [0.15, 0.2) is 0 Å². The number of hydrogen-bond acceptors (Lipinski definition) is 4. The van der Waals surface area contributed by atoms with Crippen molar-refractivity contribution in [2.24, 2.45) is 0 Å². The summed E-state index contributed by atoms with van der Waals surface area (Å²) in [5.41, 5.74) is 1.95. The minimum atomic E-state index is -4.07. The van der Waals surface area contributed by atoms with E-state index in [1.807, 2.05) is 6.92 Å². The molecule has 36 heavy (non-hydrogen) atoms. The van der Waals surface area contributed by atoms with Crippen LogP contribution in [0.2, 0.25) is 5.02 Å². The lowest BCUT2D eigenvalue weighted by molar-refractivity contribution is -0.139. The highest BCUT2D eigenvalue weighted by atomic mass is 35.5. The van der Waals surface area contributed by atoms with Crippen LogP contribution in [0.5, 0.6) is 0 Å². The predicted octanol–water partition coefficient (Wildman–Crippen LogP) is 4.40. The van der Waals surface area contributed by atoms with Crippen LogP contribution in [-0.4, -0.2) is 44.3 Å². The number of likely N-dealkylation sites (N-methyl/N-ethyl adjacent to an activating group) is 1. The Bertz CT molecular complexity index is 1300. The molecule has 0 unspecified atom stereocenters. The van der Waals surface area contributed by atoms with Gasteiger partial charge in [0.05, 0.1) is 10.6 Å². The third-order valence-electron chi connectivity index (χ3n) is 5.75. The van der Waals surface area contributed by atoms with Crippen molar-refractivity contribution < 1.29 is 18.0 Å². The standard InChI is InChI=1S/C27H30ClN3O4S/c1-4-29-27(33)21(3)30(18-22-10-8-9-13-25(22)28)26(32)19-31(23-16-14-20(2)15-17-23)36(34,35)24-11-6-5-7-12-24/h5-17,21H,4,18-19H2,1-3H3,(H,29,33)/t21-/m1/s1. The Morgan fingerprint density at radius 2 is 1.56 bits per heavy atom. The van der Waals surface area contributed by atoms with Crippen LogP contribution in [-0.2, 0) is 26.2 Å². The monoisotopic (exact) mass is 527 g/mol. The average Bonchev–Trinajstić information content (AvgIpc) is 2.87. The molecule has 7 nitrogen and oxygen atoms in total. The van der Waals surface area contributed by atoms with Gasteiger partial charge in [-0.05, 0) is 56.7 Å². The summed E-state index contributed by atoms with van der Waals surface area (Å²) in [6, 6.07) is 21.0. The van der Waals surface area contributed by atoms with Gasteiger partial charge in [0.25, 0.3) is 10.0 Å². The van der Waals surface area contributed by atoms with Crippen LogP contribution in [0.4, 0.5) is 5.69 Å². The molecule has 0 spiro atoms. The number of carbonyl (C=O) groups excluding carboxylic acids is 2. The van der Waals surface area contributed by atoms with Crippen LogP contribution < -0.4 is 9.62 Å². The predicted molar refractivity (Wildman–Crippen MR) is 142 cm³/mol. The maximum atomic E-state index is 13.7. The van der Waals surface area contributed by atoms with E-state index in [9.17, 15) is 18.0 Å². The number of amides is 2. The molecule has 3 rings (SSSR count). The molecule has 1 atom stereocenters. The van der Waals surface area contributed by atoms with Gasteiger partial charge in [0.2, 0.25) is 11.8 Å². The molecule has 3 aromatic rings. The fraction of sp³-hybridized carbons (Fsp3) is 0.259. The molecule has 3 aromatic carbocycles. The third kappa shape index (κ3) is 6.44. The van der Waals surface area contributed by atoms with Crippen LogP contribution >= 0.6 is 11.6 Å². The summed E-state index contributed by atoms with van der Waals surface area (Å²) in [5, 5.41) is 3.18. The first kappa shape index (κ1) is 27.2. The van der Waals surface area contributed by atoms with Crippen molar-refractivity contribution in [2.45, 2.75) is 38.3 Å². The molecule has 0 aromatic heterocycles. The van der Waals surface area contributed by atoms with E-state index in [1.54, 1.807) is 80.6 Å². The lowest BCUT2D eigenvalue weighted by atomic mass is 10.1. The van der Waals surface area contributed by atoms with E-state index < -0.39 is 28.5 Å². The number of hydrogen-bond donors (Lipinski definition) is 1. The van der Waals surface area contributed by atoms with Crippen LogP contribution in [0.15, 0.2) is 83.8 Å². The molecular formula is C27H30ClN3O4S. The van der Waals surface area contributed by atoms with Gasteiger partial charge in [-0.2, -0.15) is 0 Å². The second-order valence-corrected chi connectivity index (χ2v) is 10.6. The summed E-state index contributed by atoms with van der Waals surface area (Å²) in [6.07, 6.45) is 0. The quantitative estimate of drug-likeness (QED) is 0.423. The Labute approximate surface area is 217 Å². The van der Waals surface area contributed by atoms with Gasteiger partial charge in [-0.3, -0.25) is 13.9 Å².